The predicted molar refractivity (Wildman–Crippen MR) is 107 cm³/mol. The first-order valence-corrected chi connectivity index (χ1v) is 8.51. The van der Waals surface area contributed by atoms with Crippen LogP contribution in [0.2, 0.25) is 0 Å². The summed E-state index contributed by atoms with van der Waals surface area (Å²) in [6.07, 6.45) is 1.64. The number of aromatic hydroxyl groups is 1. The standard InChI is InChI=1S/C22H17N3O2/c26-17-10-6-9-16(13-17)22(27)25-23-14-19-18-11-4-5-12-20(18)24-21(19)15-7-2-1-3-8-15/h1-14,24,26H,(H,25,27)/b23-14+. The molecule has 0 saturated carbocycles. The fourth-order valence-electron chi connectivity index (χ4n) is 3.00. The highest BCUT2D eigenvalue weighted by Crippen LogP contribution is 2.28. The quantitative estimate of drug-likeness (QED) is 0.377. The van der Waals surface area contributed by atoms with Crippen LogP contribution in [0.4, 0.5) is 0 Å². The molecular formula is C22H17N3O2. The number of para-hydroxylation sites is 1. The van der Waals surface area contributed by atoms with Crippen molar-refractivity contribution < 1.29 is 9.90 Å². The van der Waals surface area contributed by atoms with Gasteiger partial charge in [0.1, 0.15) is 5.75 Å². The summed E-state index contributed by atoms with van der Waals surface area (Å²) in [5, 5.41) is 14.6. The summed E-state index contributed by atoms with van der Waals surface area (Å²) in [5.41, 5.74) is 6.72. The lowest BCUT2D eigenvalue weighted by molar-refractivity contribution is 0.0954. The van der Waals surface area contributed by atoms with Crippen LogP contribution in [-0.2, 0) is 0 Å². The average molecular weight is 355 g/mol. The van der Waals surface area contributed by atoms with Crippen molar-refractivity contribution in [3.8, 4) is 17.0 Å². The maximum absolute atomic E-state index is 12.2. The van der Waals surface area contributed by atoms with Crippen molar-refractivity contribution in [2.45, 2.75) is 0 Å². The SMILES string of the molecule is O=C(N/N=C/c1c(-c2ccccc2)[nH]c2ccccc12)c1cccc(O)c1. The van der Waals surface area contributed by atoms with Crippen molar-refractivity contribution >= 4 is 23.0 Å². The number of amides is 1. The number of carbonyl (C=O) groups excluding carboxylic acids is 1. The number of carbonyl (C=O) groups is 1. The minimum absolute atomic E-state index is 0.0367. The molecule has 0 aliphatic heterocycles. The van der Waals surface area contributed by atoms with Crippen LogP contribution < -0.4 is 5.43 Å². The summed E-state index contributed by atoms with van der Waals surface area (Å²) < 4.78 is 0. The van der Waals surface area contributed by atoms with Gasteiger partial charge in [-0.3, -0.25) is 4.79 Å². The van der Waals surface area contributed by atoms with E-state index in [1.165, 1.54) is 12.1 Å². The van der Waals surface area contributed by atoms with Crippen LogP contribution in [0.5, 0.6) is 5.75 Å². The first-order chi connectivity index (χ1) is 13.2. The molecule has 1 amide bonds. The van der Waals surface area contributed by atoms with Gasteiger partial charge in [0.25, 0.3) is 5.91 Å². The smallest absolute Gasteiger partial charge is 0.271 e. The average Bonchev–Trinajstić information content (AvgIpc) is 3.07. The molecule has 0 aliphatic carbocycles. The molecule has 132 valence electrons. The minimum atomic E-state index is -0.386. The summed E-state index contributed by atoms with van der Waals surface area (Å²) in [6, 6.07) is 24.1. The zero-order valence-electron chi connectivity index (χ0n) is 14.4. The Labute approximate surface area is 156 Å². The zero-order valence-corrected chi connectivity index (χ0v) is 14.4. The third-order valence-electron chi connectivity index (χ3n) is 4.28. The van der Waals surface area contributed by atoms with Gasteiger partial charge < -0.3 is 10.1 Å². The molecule has 0 unspecified atom stereocenters. The van der Waals surface area contributed by atoms with E-state index in [2.05, 4.69) is 15.5 Å². The lowest BCUT2D eigenvalue weighted by Gasteiger charge is -2.02. The van der Waals surface area contributed by atoms with Gasteiger partial charge in [0.15, 0.2) is 0 Å². The number of benzene rings is 3. The number of aromatic amines is 1. The maximum atomic E-state index is 12.2. The van der Waals surface area contributed by atoms with Crippen LogP contribution in [0.1, 0.15) is 15.9 Å². The van der Waals surface area contributed by atoms with Gasteiger partial charge in [-0.2, -0.15) is 5.10 Å². The molecule has 5 heteroatoms. The summed E-state index contributed by atoms with van der Waals surface area (Å²) in [6.45, 7) is 0. The monoisotopic (exact) mass is 355 g/mol. The number of fused-ring (bicyclic) bond motifs is 1. The highest BCUT2D eigenvalue weighted by molar-refractivity contribution is 6.06. The second-order valence-corrected chi connectivity index (χ2v) is 6.07. The predicted octanol–water partition coefficient (Wildman–Crippen LogP) is 4.30. The summed E-state index contributed by atoms with van der Waals surface area (Å²) >= 11 is 0. The van der Waals surface area contributed by atoms with Gasteiger partial charge in [0.2, 0.25) is 0 Å². The van der Waals surface area contributed by atoms with E-state index in [0.29, 0.717) is 5.56 Å². The number of nitrogens with zero attached hydrogens (tertiary/aromatic N) is 1. The number of hydrogen-bond donors (Lipinski definition) is 3. The Morgan fingerprint density at radius 2 is 1.74 bits per heavy atom. The number of H-pyrrole nitrogens is 1. The van der Waals surface area contributed by atoms with E-state index in [1.54, 1.807) is 18.3 Å². The van der Waals surface area contributed by atoms with E-state index >= 15 is 0 Å². The Morgan fingerprint density at radius 3 is 2.56 bits per heavy atom. The molecule has 0 radical (unpaired) electrons. The molecule has 0 spiro atoms. The normalized spacial score (nSPS) is 11.1. The largest absolute Gasteiger partial charge is 0.508 e. The van der Waals surface area contributed by atoms with E-state index in [-0.39, 0.29) is 11.7 Å². The molecule has 0 saturated heterocycles. The van der Waals surface area contributed by atoms with Crippen molar-refractivity contribution in [1.29, 1.82) is 0 Å². The number of phenolic OH excluding ortho intramolecular Hbond substituents is 1. The van der Waals surface area contributed by atoms with Crippen LogP contribution in [0, 0.1) is 0 Å². The zero-order chi connectivity index (χ0) is 18.6. The van der Waals surface area contributed by atoms with Gasteiger partial charge in [-0.05, 0) is 29.8 Å². The number of rotatable bonds is 4. The van der Waals surface area contributed by atoms with Gasteiger partial charge in [-0.1, -0.05) is 54.6 Å². The lowest BCUT2D eigenvalue weighted by Crippen LogP contribution is -2.17. The molecule has 4 aromatic rings. The molecule has 1 heterocycles. The first-order valence-electron chi connectivity index (χ1n) is 8.51. The highest BCUT2D eigenvalue weighted by atomic mass is 16.3. The second-order valence-electron chi connectivity index (χ2n) is 6.07. The molecule has 0 bridgehead atoms. The van der Waals surface area contributed by atoms with Crippen molar-refractivity contribution in [2.24, 2.45) is 5.10 Å². The topological polar surface area (TPSA) is 77.5 Å². The maximum Gasteiger partial charge on any atom is 0.271 e. The van der Waals surface area contributed by atoms with Crippen LogP contribution in [-0.4, -0.2) is 22.2 Å². The van der Waals surface area contributed by atoms with Crippen molar-refractivity contribution in [2.75, 3.05) is 0 Å². The molecule has 3 N–H and O–H groups in total. The van der Waals surface area contributed by atoms with E-state index in [0.717, 1.165) is 27.7 Å². The summed E-state index contributed by atoms with van der Waals surface area (Å²) in [4.78, 5) is 15.6. The Balaban J connectivity index is 1.67. The van der Waals surface area contributed by atoms with Gasteiger partial charge in [-0.15, -0.1) is 0 Å². The Hall–Kier alpha value is -3.86. The van der Waals surface area contributed by atoms with Crippen molar-refractivity contribution in [3.63, 3.8) is 0 Å². The lowest BCUT2D eigenvalue weighted by atomic mass is 10.1. The Morgan fingerprint density at radius 1 is 0.963 bits per heavy atom. The molecule has 0 atom stereocenters. The van der Waals surface area contributed by atoms with E-state index in [1.807, 2.05) is 54.6 Å². The van der Waals surface area contributed by atoms with Crippen LogP contribution in [0.3, 0.4) is 0 Å². The molecule has 27 heavy (non-hydrogen) atoms. The molecule has 0 fully saturated rings. The number of nitrogens with one attached hydrogen (secondary N) is 2. The fraction of sp³-hybridized carbons (Fsp3) is 0. The van der Waals surface area contributed by atoms with Crippen LogP contribution in [0.15, 0.2) is 84.0 Å². The van der Waals surface area contributed by atoms with Crippen molar-refractivity contribution in [3.05, 3.63) is 90.0 Å². The van der Waals surface area contributed by atoms with Gasteiger partial charge >= 0.3 is 0 Å². The number of phenols is 1. The van der Waals surface area contributed by atoms with Crippen LogP contribution >= 0.6 is 0 Å². The number of aromatic nitrogens is 1. The summed E-state index contributed by atoms with van der Waals surface area (Å²) in [5.74, 6) is -0.349. The van der Waals surface area contributed by atoms with E-state index in [4.69, 9.17) is 0 Å². The first kappa shape index (κ1) is 16.6. The van der Waals surface area contributed by atoms with Gasteiger partial charge in [0, 0.05) is 22.0 Å². The number of hydrogen-bond acceptors (Lipinski definition) is 3. The Kier molecular flexibility index (Phi) is 4.41. The molecular weight excluding hydrogens is 338 g/mol. The third kappa shape index (κ3) is 3.43. The number of hydrazone groups is 1. The van der Waals surface area contributed by atoms with E-state index in [9.17, 15) is 9.90 Å². The third-order valence-corrected chi connectivity index (χ3v) is 4.28. The molecule has 4 rings (SSSR count). The molecule has 3 aromatic carbocycles. The van der Waals surface area contributed by atoms with E-state index < -0.39 is 0 Å². The minimum Gasteiger partial charge on any atom is -0.508 e. The van der Waals surface area contributed by atoms with Gasteiger partial charge in [-0.25, -0.2) is 5.43 Å². The fourth-order valence-corrected chi connectivity index (χ4v) is 3.00. The second kappa shape index (κ2) is 7.17. The summed E-state index contributed by atoms with van der Waals surface area (Å²) in [7, 11) is 0. The Bertz CT molecular complexity index is 1130. The highest BCUT2D eigenvalue weighted by Gasteiger charge is 2.11. The molecule has 0 aliphatic rings. The van der Waals surface area contributed by atoms with Gasteiger partial charge in [0.05, 0.1) is 11.9 Å². The van der Waals surface area contributed by atoms with Crippen molar-refractivity contribution in [1.82, 2.24) is 10.4 Å². The molecule has 1 aromatic heterocycles. The molecule has 5 nitrogen and oxygen atoms in total. The van der Waals surface area contributed by atoms with Crippen LogP contribution in [0.25, 0.3) is 22.2 Å².